The summed E-state index contributed by atoms with van der Waals surface area (Å²) in [6.45, 7) is 6.45. The fourth-order valence-corrected chi connectivity index (χ4v) is 4.37. The van der Waals surface area contributed by atoms with Crippen molar-refractivity contribution in [2.45, 2.75) is 40.0 Å². The lowest BCUT2D eigenvalue weighted by molar-refractivity contribution is -0.115. The van der Waals surface area contributed by atoms with E-state index in [0.29, 0.717) is 41.5 Å². The molecule has 1 aliphatic carbocycles. The molecule has 0 fully saturated rings. The summed E-state index contributed by atoms with van der Waals surface area (Å²) in [5, 5.41) is 2.79. The standard InChI is InChI=1S/C26H28ClNO6S/c1-16(2)15-33-25-17(3)23(29)14-20(25)12-18-5-4-6-19(11-18)13-24(35(31)32)28-26(30)34-22-9-7-21(27)8-10-22/h4-11,16,20H,12-15H2,1-3H3,(H,28,30). The van der Waals surface area contributed by atoms with Crippen LogP contribution in [0, 0.1) is 11.8 Å². The molecule has 2 aromatic carbocycles. The lowest BCUT2D eigenvalue weighted by Crippen LogP contribution is -2.34. The van der Waals surface area contributed by atoms with Crippen molar-refractivity contribution >= 4 is 38.8 Å². The van der Waals surface area contributed by atoms with Crippen LogP contribution >= 0.6 is 11.6 Å². The lowest BCUT2D eigenvalue weighted by Gasteiger charge is -2.18. The molecule has 0 heterocycles. The van der Waals surface area contributed by atoms with Crippen molar-refractivity contribution in [1.29, 1.82) is 0 Å². The highest BCUT2D eigenvalue weighted by atomic mass is 35.5. The molecule has 1 amide bonds. The van der Waals surface area contributed by atoms with Gasteiger partial charge in [0.2, 0.25) is 10.3 Å². The average Bonchev–Trinajstić information content (AvgIpc) is 3.06. The Morgan fingerprint density at radius 2 is 1.83 bits per heavy atom. The summed E-state index contributed by atoms with van der Waals surface area (Å²) in [6.07, 6.45) is 0.0459. The van der Waals surface area contributed by atoms with Gasteiger partial charge in [-0.25, -0.2) is 4.79 Å². The van der Waals surface area contributed by atoms with E-state index in [1.165, 1.54) is 12.1 Å². The first-order chi connectivity index (χ1) is 16.6. The molecule has 0 saturated heterocycles. The van der Waals surface area contributed by atoms with Crippen LogP contribution < -0.4 is 10.1 Å². The Morgan fingerprint density at radius 3 is 2.49 bits per heavy atom. The lowest BCUT2D eigenvalue weighted by atomic mass is 9.95. The third kappa shape index (κ3) is 7.70. The molecule has 186 valence electrons. The molecule has 35 heavy (non-hydrogen) atoms. The van der Waals surface area contributed by atoms with Crippen molar-refractivity contribution in [2.24, 2.45) is 11.8 Å². The van der Waals surface area contributed by atoms with Gasteiger partial charge in [-0.1, -0.05) is 49.7 Å². The van der Waals surface area contributed by atoms with Crippen LogP contribution in [0.4, 0.5) is 4.79 Å². The molecule has 3 rings (SSSR count). The molecular weight excluding hydrogens is 490 g/mol. The minimum Gasteiger partial charge on any atom is -0.497 e. The van der Waals surface area contributed by atoms with Crippen molar-refractivity contribution in [2.75, 3.05) is 6.61 Å². The second-order valence-electron chi connectivity index (χ2n) is 8.85. The van der Waals surface area contributed by atoms with Gasteiger partial charge in [0.25, 0.3) is 0 Å². The maximum absolute atomic E-state index is 12.3. The van der Waals surface area contributed by atoms with Gasteiger partial charge in [-0.2, -0.15) is 8.42 Å². The Labute approximate surface area is 211 Å². The molecule has 1 unspecified atom stereocenters. The third-order valence-electron chi connectivity index (χ3n) is 5.47. The number of hydrogen-bond acceptors (Lipinski definition) is 6. The molecule has 0 aromatic heterocycles. The maximum Gasteiger partial charge on any atom is 0.417 e. The van der Waals surface area contributed by atoms with E-state index < -0.39 is 16.4 Å². The minimum absolute atomic E-state index is 0.0190. The minimum atomic E-state index is -2.66. The van der Waals surface area contributed by atoms with Crippen LogP contribution in [-0.2, 0) is 32.7 Å². The zero-order valence-electron chi connectivity index (χ0n) is 19.8. The summed E-state index contributed by atoms with van der Waals surface area (Å²) in [7, 11) is -2.66. The number of nitrogens with one attached hydrogen (secondary N) is 1. The van der Waals surface area contributed by atoms with Crippen molar-refractivity contribution < 1.29 is 27.5 Å². The van der Waals surface area contributed by atoms with Crippen LogP contribution in [-0.4, -0.2) is 31.9 Å². The summed E-state index contributed by atoms with van der Waals surface area (Å²) in [5.74, 6) is 1.35. The van der Waals surface area contributed by atoms with E-state index in [4.69, 9.17) is 21.1 Å². The molecule has 0 spiro atoms. The highest BCUT2D eigenvalue weighted by Crippen LogP contribution is 2.33. The normalized spacial score (nSPS) is 15.3. The smallest absolute Gasteiger partial charge is 0.417 e. The van der Waals surface area contributed by atoms with Gasteiger partial charge in [0.1, 0.15) is 16.5 Å². The van der Waals surface area contributed by atoms with Crippen LogP contribution in [0.25, 0.3) is 0 Å². The Balaban J connectivity index is 1.68. The fourth-order valence-electron chi connectivity index (χ4n) is 3.79. The summed E-state index contributed by atoms with van der Waals surface area (Å²) in [4.78, 5) is 24.3. The van der Waals surface area contributed by atoms with Gasteiger partial charge in [0.15, 0.2) is 5.78 Å². The zero-order chi connectivity index (χ0) is 25.5. The Bertz CT molecular complexity index is 1260. The molecule has 1 N–H and O–H groups in total. The number of carbonyl (C=O) groups excluding carboxylic acids is 2. The largest absolute Gasteiger partial charge is 0.497 e. The quantitative estimate of drug-likeness (QED) is 0.507. The van der Waals surface area contributed by atoms with Gasteiger partial charge in [-0.3, -0.25) is 10.1 Å². The highest BCUT2D eigenvalue weighted by Gasteiger charge is 2.31. The van der Waals surface area contributed by atoms with E-state index in [1.807, 2.05) is 18.2 Å². The van der Waals surface area contributed by atoms with E-state index in [0.717, 1.165) is 11.3 Å². The predicted octanol–water partition coefficient (Wildman–Crippen LogP) is 4.76. The second kappa shape index (κ2) is 12.0. The first-order valence-electron chi connectivity index (χ1n) is 11.3. The number of allylic oxidation sites excluding steroid dienone is 2. The first-order valence-corrected chi connectivity index (χ1v) is 12.7. The number of amides is 1. The Hall–Kier alpha value is -3.10. The van der Waals surface area contributed by atoms with Gasteiger partial charge in [0.05, 0.1) is 6.61 Å². The summed E-state index contributed by atoms with van der Waals surface area (Å²) < 4.78 is 34.6. The van der Waals surface area contributed by atoms with Gasteiger partial charge in [0, 0.05) is 29.4 Å². The summed E-state index contributed by atoms with van der Waals surface area (Å²) >= 11 is 5.81. The van der Waals surface area contributed by atoms with E-state index in [1.54, 1.807) is 25.1 Å². The van der Waals surface area contributed by atoms with Crippen LogP contribution in [0.5, 0.6) is 5.75 Å². The number of halogens is 1. The molecule has 9 heteroatoms. The first kappa shape index (κ1) is 26.5. The molecule has 1 atom stereocenters. The second-order valence-corrected chi connectivity index (χ2v) is 10.2. The highest BCUT2D eigenvalue weighted by molar-refractivity contribution is 7.72. The van der Waals surface area contributed by atoms with Gasteiger partial charge in [-0.05, 0) is 54.7 Å². The molecule has 1 aliphatic rings. The summed E-state index contributed by atoms with van der Waals surface area (Å²) in [6, 6.07) is 13.5. The van der Waals surface area contributed by atoms with Gasteiger partial charge in [-0.15, -0.1) is 0 Å². The van der Waals surface area contributed by atoms with Gasteiger partial charge >= 0.3 is 6.09 Å². The number of hydrogen-bond donors (Lipinski definition) is 1. The van der Waals surface area contributed by atoms with E-state index in [-0.39, 0.29) is 28.9 Å². The van der Waals surface area contributed by atoms with Crippen LogP contribution in [0.3, 0.4) is 0 Å². The topological polar surface area (TPSA) is 98.8 Å². The molecular formula is C26H28ClNO6S. The number of ether oxygens (including phenoxy) is 2. The van der Waals surface area contributed by atoms with Crippen molar-refractivity contribution in [1.82, 2.24) is 5.32 Å². The molecule has 7 nitrogen and oxygen atoms in total. The Kier molecular flexibility index (Phi) is 9.12. The maximum atomic E-state index is 12.3. The van der Waals surface area contributed by atoms with E-state index >= 15 is 0 Å². The average molecular weight is 518 g/mol. The van der Waals surface area contributed by atoms with E-state index in [9.17, 15) is 18.0 Å². The number of ketones is 1. The van der Waals surface area contributed by atoms with Crippen LogP contribution in [0.15, 0.2) is 59.9 Å². The van der Waals surface area contributed by atoms with Gasteiger partial charge < -0.3 is 9.47 Å². The summed E-state index contributed by atoms with van der Waals surface area (Å²) in [5.41, 5.74) is 2.32. The number of Topliss-reactive ketones (excluding diaryl/α,β-unsaturated/α-hetero) is 1. The van der Waals surface area contributed by atoms with Crippen LogP contribution in [0.2, 0.25) is 5.02 Å². The van der Waals surface area contributed by atoms with Crippen LogP contribution in [0.1, 0.15) is 38.3 Å². The monoisotopic (exact) mass is 517 g/mol. The van der Waals surface area contributed by atoms with Crippen molar-refractivity contribution in [3.05, 3.63) is 76.0 Å². The molecule has 0 aliphatic heterocycles. The zero-order valence-corrected chi connectivity index (χ0v) is 21.4. The fraction of sp³-hybridized carbons (Fsp3) is 0.346. The SMILES string of the molecule is CC1=C(OCC(C)C)C(Cc2cccc(CC(NC(=O)Oc3ccc(Cl)cc3)=S(=O)=O)c2)CC1=O. The molecule has 0 radical (unpaired) electrons. The van der Waals surface area contributed by atoms with Crippen molar-refractivity contribution in [3.8, 4) is 5.75 Å². The third-order valence-corrected chi connectivity index (χ3v) is 6.37. The molecule has 0 bridgehead atoms. The predicted molar refractivity (Wildman–Crippen MR) is 135 cm³/mol. The molecule has 2 aromatic rings. The number of benzene rings is 2. The number of carbonyl (C=O) groups is 2. The number of rotatable bonds is 8. The molecule has 0 saturated carbocycles. The Morgan fingerprint density at radius 1 is 1.14 bits per heavy atom. The van der Waals surface area contributed by atoms with Crippen molar-refractivity contribution in [3.63, 3.8) is 0 Å². The van der Waals surface area contributed by atoms with E-state index in [2.05, 4.69) is 19.2 Å².